The molecule has 2 aromatic carbocycles. The first-order valence-electron chi connectivity index (χ1n) is 7.56. The van der Waals surface area contributed by atoms with E-state index in [1.54, 1.807) is 25.3 Å². The van der Waals surface area contributed by atoms with Gasteiger partial charge in [0.1, 0.15) is 16.9 Å². The normalized spacial score (nSPS) is 11.9. The summed E-state index contributed by atoms with van der Waals surface area (Å²) in [6.45, 7) is 1.86. The van der Waals surface area contributed by atoms with Crippen LogP contribution in [0.2, 0.25) is 0 Å². The Morgan fingerprint density at radius 2 is 1.88 bits per heavy atom. The molecule has 1 atom stereocenters. The van der Waals surface area contributed by atoms with Gasteiger partial charge in [-0.25, -0.2) is 4.79 Å². The van der Waals surface area contributed by atoms with Crippen LogP contribution in [-0.2, 0) is 0 Å². The Morgan fingerprint density at radius 3 is 2.58 bits per heavy atom. The van der Waals surface area contributed by atoms with Crippen LogP contribution in [0.5, 0.6) is 5.75 Å². The van der Waals surface area contributed by atoms with E-state index in [4.69, 9.17) is 9.15 Å². The van der Waals surface area contributed by atoms with Gasteiger partial charge in [0.25, 0.3) is 5.91 Å². The molecule has 3 aromatic rings. The third-order valence-electron chi connectivity index (χ3n) is 3.83. The lowest BCUT2D eigenvalue weighted by Gasteiger charge is -2.14. The molecule has 122 valence electrons. The minimum Gasteiger partial charge on any atom is -0.497 e. The summed E-state index contributed by atoms with van der Waals surface area (Å²) in [6, 6.07) is 15.9. The van der Waals surface area contributed by atoms with Gasteiger partial charge >= 0.3 is 5.63 Å². The Morgan fingerprint density at radius 1 is 1.12 bits per heavy atom. The molecule has 0 saturated heterocycles. The van der Waals surface area contributed by atoms with Crippen LogP contribution in [0.4, 0.5) is 0 Å². The van der Waals surface area contributed by atoms with Crippen molar-refractivity contribution in [3.63, 3.8) is 0 Å². The zero-order valence-electron chi connectivity index (χ0n) is 13.4. The summed E-state index contributed by atoms with van der Waals surface area (Å²) in [6.07, 6.45) is 0. The van der Waals surface area contributed by atoms with Gasteiger partial charge in [0, 0.05) is 5.39 Å². The van der Waals surface area contributed by atoms with Gasteiger partial charge in [-0.2, -0.15) is 0 Å². The van der Waals surface area contributed by atoms with Crippen LogP contribution < -0.4 is 15.7 Å². The van der Waals surface area contributed by atoms with Gasteiger partial charge in [-0.3, -0.25) is 4.79 Å². The lowest BCUT2D eigenvalue weighted by molar-refractivity contribution is 0.0936. The van der Waals surface area contributed by atoms with Crippen molar-refractivity contribution in [3.8, 4) is 5.75 Å². The third kappa shape index (κ3) is 3.15. The molecule has 5 nitrogen and oxygen atoms in total. The van der Waals surface area contributed by atoms with Crippen LogP contribution in [0.1, 0.15) is 28.9 Å². The highest BCUT2D eigenvalue weighted by Gasteiger charge is 2.16. The molecule has 1 aromatic heterocycles. The van der Waals surface area contributed by atoms with Crippen molar-refractivity contribution in [2.24, 2.45) is 0 Å². The molecular formula is C19H17NO4. The van der Waals surface area contributed by atoms with Gasteiger partial charge in [-0.05, 0) is 36.8 Å². The Labute approximate surface area is 138 Å². The summed E-state index contributed by atoms with van der Waals surface area (Å²) >= 11 is 0. The van der Waals surface area contributed by atoms with Crippen molar-refractivity contribution in [2.75, 3.05) is 7.11 Å². The molecule has 0 aliphatic rings. The predicted octanol–water partition coefficient (Wildman–Crippen LogP) is 3.29. The fraction of sp³-hybridized carbons (Fsp3) is 0.158. The van der Waals surface area contributed by atoms with E-state index in [2.05, 4.69) is 5.32 Å². The highest BCUT2D eigenvalue weighted by atomic mass is 16.5. The number of amides is 1. The molecule has 0 spiro atoms. The molecule has 0 unspecified atom stereocenters. The summed E-state index contributed by atoms with van der Waals surface area (Å²) < 4.78 is 10.4. The maximum atomic E-state index is 12.4. The maximum absolute atomic E-state index is 12.4. The maximum Gasteiger partial charge on any atom is 0.349 e. The number of rotatable bonds is 4. The SMILES string of the molecule is COc1ccc2oc(=O)c(C(=O)N[C@@H](C)c3ccccc3)cc2c1. The standard InChI is InChI=1S/C19H17NO4/c1-12(13-6-4-3-5-7-13)20-18(21)16-11-14-10-15(23-2)8-9-17(14)24-19(16)22/h3-12H,1-2H3,(H,20,21)/t12-/m0/s1. The molecule has 0 radical (unpaired) electrons. The van der Waals surface area contributed by atoms with Gasteiger partial charge in [0.05, 0.1) is 13.2 Å². The number of carbonyl (C=O) groups excluding carboxylic acids is 1. The molecule has 5 heteroatoms. The van der Waals surface area contributed by atoms with E-state index < -0.39 is 11.5 Å². The van der Waals surface area contributed by atoms with Crippen LogP contribution in [0.15, 0.2) is 63.8 Å². The van der Waals surface area contributed by atoms with Crippen LogP contribution >= 0.6 is 0 Å². The summed E-state index contributed by atoms with van der Waals surface area (Å²) in [5.74, 6) is 0.158. The molecular weight excluding hydrogens is 306 g/mol. The highest BCUT2D eigenvalue weighted by Crippen LogP contribution is 2.20. The summed E-state index contributed by atoms with van der Waals surface area (Å²) in [7, 11) is 1.55. The van der Waals surface area contributed by atoms with Crippen molar-refractivity contribution in [1.29, 1.82) is 0 Å². The number of fused-ring (bicyclic) bond motifs is 1. The van der Waals surface area contributed by atoms with Gasteiger partial charge < -0.3 is 14.5 Å². The van der Waals surface area contributed by atoms with Crippen molar-refractivity contribution in [3.05, 3.63) is 76.1 Å². The van der Waals surface area contributed by atoms with E-state index >= 15 is 0 Å². The average Bonchev–Trinajstić information content (AvgIpc) is 2.61. The summed E-state index contributed by atoms with van der Waals surface area (Å²) in [5.41, 5.74) is 0.676. The quantitative estimate of drug-likeness (QED) is 0.748. The minimum absolute atomic E-state index is 0.0291. The molecule has 0 saturated carbocycles. The molecule has 1 heterocycles. The zero-order valence-corrected chi connectivity index (χ0v) is 13.4. The monoisotopic (exact) mass is 323 g/mol. The Balaban J connectivity index is 1.91. The second-order valence-electron chi connectivity index (χ2n) is 5.46. The lowest BCUT2D eigenvalue weighted by atomic mass is 10.1. The molecule has 0 aliphatic carbocycles. The lowest BCUT2D eigenvalue weighted by Crippen LogP contribution is -2.30. The number of benzene rings is 2. The van der Waals surface area contributed by atoms with Gasteiger partial charge in [-0.1, -0.05) is 30.3 Å². The van der Waals surface area contributed by atoms with Crippen LogP contribution in [0.3, 0.4) is 0 Å². The summed E-state index contributed by atoms with van der Waals surface area (Å²) in [4.78, 5) is 24.5. The fourth-order valence-corrected chi connectivity index (χ4v) is 2.49. The number of nitrogens with one attached hydrogen (secondary N) is 1. The molecule has 0 bridgehead atoms. The molecule has 1 N–H and O–H groups in total. The Bertz CT molecular complexity index is 931. The van der Waals surface area contributed by atoms with E-state index in [-0.39, 0.29) is 11.6 Å². The largest absolute Gasteiger partial charge is 0.497 e. The molecule has 24 heavy (non-hydrogen) atoms. The smallest absolute Gasteiger partial charge is 0.349 e. The van der Waals surface area contributed by atoms with Crippen LogP contribution in [0.25, 0.3) is 11.0 Å². The van der Waals surface area contributed by atoms with Crippen LogP contribution in [0, 0.1) is 0 Å². The number of hydrogen-bond donors (Lipinski definition) is 1. The van der Waals surface area contributed by atoms with Crippen molar-refractivity contribution >= 4 is 16.9 Å². The number of carbonyl (C=O) groups is 1. The van der Waals surface area contributed by atoms with Gasteiger partial charge in [0.15, 0.2) is 0 Å². The van der Waals surface area contributed by atoms with Gasteiger partial charge in [0.2, 0.25) is 0 Å². The average molecular weight is 323 g/mol. The second kappa shape index (κ2) is 6.58. The number of ether oxygens (including phenoxy) is 1. The van der Waals surface area contributed by atoms with Crippen molar-refractivity contribution in [1.82, 2.24) is 5.32 Å². The molecule has 0 aliphatic heterocycles. The molecule has 1 amide bonds. The number of methoxy groups -OCH3 is 1. The van der Waals surface area contributed by atoms with E-state index in [0.29, 0.717) is 16.7 Å². The molecule has 0 fully saturated rings. The Hall–Kier alpha value is -3.08. The van der Waals surface area contributed by atoms with Crippen LogP contribution in [-0.4, -0.2) is 13.0 Å². The first-order chi connectivity index (χ1) is 11.6. The zero-order chi connectivity index (χ0) is 17.1. The number of hydrogen-bond acceptors (Lipinski definition) is 4. The second-order valence-corrected chi connectivity index (χ2v) is 5.46. The summed E-state index contributed by atoms with van der Waals surface area (Å²) in [5, 5.41) is 3.45. The van der Waals surface area contributed by atoms with Gasteiger partial charge in [-0.15, -0.1) is 0 Å². The van der Waals surface area contributed by atoms with E-state index in [1.165, 1.54) is 6.07 Å². The molecule has 3 rings (SSSR count). The third-order valence-corrected chi connectivity index (χ3v) is 3.83. The highest BCUT2D eigenvalue weighted by molar-refractivity contribution is 5.97. The predicted molar refractivity (Wildman–Crippen MR) is 91.4 cm³/mol. The Kier molecular flexibility index (Phi) is 4.33. The topological polar surface area (TPSA) is 68.5 Å². The van der Waals surface area contributed by atoms with E-state index in [0.717, 1.165) is 5.56 Å². The van der Waals surface area contributed by atoms with E-state index in [1.807, 2.05) is 37.3 Å². The minimum atomic E-state index is -0.662. The van der Waals surface area contributed by atoms with Crippen molar-refractivity contribution in [2.45, 2.75) is 13.0 Å². The van der Waals surface area contributed by atoms with E-state index in [9.17, 15) is 9.59 Å². The van der Waals surface area contributed by atoms with Crippen molar-refractivity contribution < 1.29 is 13.9 Å². The fourth-order valence-electron chi connectivity index (χ4n) is 2.49. The first-order valence-corrected chi connectivity index (χ1v) is 7.56. The first kappa shape index (κ1) is 15.8.